The topological polar surface area (TPSA) is 86.9 Å². The quantitative estimate of drug-likeness (QED) is 0.575. The molecular weight excluding hydrogens is 492 g/mol. The van der Waals surface area contributed by atoms with Crippen LogP contribution in [0.25, 0.3) is 0 Å². The minimum Gasteiger partial charge on any atom is -0.371 e. The SMILES string of the molecule is CCN(CC)C1CC(N2C(=O)C(O)(c3c(F)cc(F)cc3F)c3c2cc(C(N)=O)cc3C(F)(F)F)C1. The van der Waals surface area contributed by atoms with E-state index in [1.165, 1.54) is 0 Å². The van der Waals surface area contributed by atoms with E-state index in [9.17, 15) is 41.0 Å². The molecule has 3 N–H and O–H groups in total. The van der Waals surface area contributed by atoms with E-state index in [2.05, 4.69) is 4.90 Å². The number of hydrogen-bond acceptors (Lipinski definition) is 4. The Morgan fingerprint density at radius 3 is 2.11 bits per heavy atom. The molecule has 6 nitrogen and oxygen atoms in total. The number of benzene rings is 2. The minimum atomic E-state index is -5.25. The van der Waals surface area contributed by atoms with E-state index >= 15 is 0 Å². The molecule has 1 fully saturated rings. The number of nitrogens with two attached hydrogens (primary N) is 1. The first kappa shape index (κ1) is 26.0. The van der Waals surface area contributed by atoms with Crippen molar-refractivity contribution in [1.82, 2.24) is 4.90 Å². The number of nitrogens with zero attached hydrogens (tertiary/aromatic N) is 2. The van der Waals surface area contributed by atoms with Crippen LogP contribution in [0.1, 0.15) is 53.7 Å². The lowest BCUT2D eigenvalue weighted by Gasteiger charge is -2.46. The molecule has 2 aromatic rings. The van der Waals surface area contributed by atoms with Crippen LogP contribution in [0.2, 0.25) is 0 Å². The maximum atomic E-state index is 14.8. The molecule has 0 radical (unpaired) electrons. The number of alkyl halides is 3. The zero-order valence-electron chi connectivity index (χ0n) is 19.3. The van der Waals surface area contributed by atoms with Crippen LogP contribution >= 0.6 is 0 Å². The molecule has 12 heteroatoms. The van der Waals surface area contributed by atoms with Crippen LogP contribution in [-0.4, -0.2) is 47.0 Å². The van der Waals surface area contributed by atoms with Crippen LogP contribution in [0.15, 0.2) is 24.3 Å². The van der Waals surface area contributed by atoms with E-state index < -0.39 is 75.0 Å². The zero-order chi connectivity index (χ0) is 26.7. The van der Waals surface area contributed by atoms with Gasteiger partial charge in [0.1, 0.15) is 17.5 Å². The van der Waals surface area contributed by atoms with Crippen molar-refractivity contribution in [1.29, 1.82) is 0 Å². The van der Waals surface area contributed by atoms with Gasteiger partial charge in [-0.15, -0.1) is 0 Å². The number of hydrogen-bond donors (Lipinski definition) is 2. The normalized spacial score (nSPS) is 23.7. The summed E-state index contributed by atoms with van der Waals surface area (Å²) in [7, 11) is 0. The van der Waals surface area contributed by atoms with Crippen molar-refractivity contribution in [2.45, 2.75) is 50.6 Å². The molecule has 2 aliphatic rings. The average Bonchev–Trinajstić information content (AvgIpc) is 2.96. The molecule has 36 heavy (non-hydrogen) atoms. The highest BCUT2D eigenvalue weighted by Crippen LogP contribution is 2.53. The highest BCUT2D eigenvalue weighted by molar-refractivity contribution is 6.11. The fourth-order valence-electron chi connectivity index (χ4n) is 5.24. The number of carbonyl (C=O) groups is 2. The maximum Gasteiger partial charge on any atom is 0.416 e. The van der Waals surface area contributed by atoms with Crippen molar-refractivity contribution in [3.05, 3.63) is 64.0 Å². The van der Waals surface area contributed by atoms with Gasteiger partial charge in [-0.3, -0.25) is 9.59 Å². The standard InChI is InChI=1S/C24H23F6N3O3/c1-3-32(4-2)13-9-14(10-13)33-18-6-11(21(31)34)5-15(24(28,29)30)19(18)23(36,22(33)35)20-16(26)7-12(25)8-17(20)27/h5-8,13-14,36H,3-4,9-10H2,1-2H3,(H2,31,34). The summed E-state index contributed by atoms with van der Waals surface area (Å²) >= 11 is 0. The number of amides is 2. The number of rotatable bonds is 6. The van der Waals surface area contributed by atoms with E-state index in [0.29, 0.717) is 32.0 Å². The lowest BCUT2D eigenvalue weighted by atomic mass is 9.82. The molecule has 1 atom stereocenters. The third-order valence-electron chi connectivity index (χ3n) is 7.01. The van der Waals surface area contributed by atoms with E-state index in [1.807, 2.05) is 13.8 Å². The van der Waals surface area contributed by atoms with Gasteiger partial charge in [-0.25, -0.2) is 13.2 Å². The first-order valence-electron chi connectivity index (χ1n) is 11.3. The summed E-state index contributed by atoms with van der Waals surface area (Å²) in [4.78, 5) is 28.4. The molecule has 0 bridgehead atoms. The van der Waals surface area contributed by atoms with Crippen molar-refractivity contribution < 1.29 is 41.0 Å². The van der Waals surface area contributed by atoms with Gasteiger partial charge in [-0.1, -0.05) is 13.8 Å². The van der Waals surface area contributed by atoms with Gasteiger partial charge in [0.05, 0.1) is 16.8 Å². The molecule has 194 valence electrons. The highest BCUT2D eigenvalue weighted by Gasteiger charge is 2.60. The summed E-state index contributed by atoms with van der Waals surface area (Å²) in [6.07, 6.45) is -4.64. The van der Waals surface area contributed by atoms with Crippen LogP contribution in [0.5, 0.6) is 0 Å². The molecule has 2 amide bonds. The molecule has 1 saturated carbocycles. The Hall–Kier alpha value is -3.12. The second kappa shape index (κ2) is 8.77. The lowest BCUT2D eigenvalue weighted by molar-refractivity contribution is -0.142. The molecule has 4 rings (SSSR count). The van der Waals surface area contributed by atoms with Crippen molar-refractivity contribution in [2.24, 2.45) is 5.73 Å². The highest BCUT2D eigenvalue weighted by atomic mass is 19.4. The van der Waals surface area contributed by atoms with Gasteiger partial charge in [-0.2, -0.15) is 13.2 Å². The number of halogens is 6. The third kappa shape index (κ3) is 3.83. The van der Waals surface area contributed by atoms with Crippen molar-refractivity contribution in [2.75, 3.05) is 18.0 Å². The van der Waals surface area contributed by atoms with Crippen LogP contribution in [0, 0.1) is 17.5 Å². The average molecular weight is 515 g/mol. The van der Waals surface area contributed by atoms with Crippen molar-refractivity contribution >= 4 is 17.5 Å². The van der Waals surface area contributed by atoms with Gasteiger partial charge < -0.3 is 20.6 Å². The van der Waals surface area contributed by atoms with Crippen LogP contribution in [0.4, 0.5) is 32.0 Å². The van der Waals surface area contributed by atoms with Gasteiger partial charge in [0.15, 0.2) is 0 Å². The number of primary amides is 1. The number of carbonyl (C=O) groups excluding carboxylic acids is 2. The van der Waals surface area contributed by atoms with Gasteiger partial charge in [-0.05, 0) is 38.1 Å². The predicted octanol–water partition coefficient (Wildman–Crippen LogP) is 3.68. The molecule has 1 aliphatic heterocycles. The molecule has 1 aliphatic carbocycles. The smallest absolute Gasteiger partial charge is 0.371 e. The largest absolute Gasteiger partial charge is 0.416 e. The van der Waals surface area contributed by atoms with Gasteiger partial charge in [0.2, 0.25) is 11.5 Å². The zero-order valence-corrected chi connectivity index (χ0v) is 19.3. The predicted molar refractivity (Wildman–Crippen MR) is 116 cm³/mol. The fourth-order valence-corrected chi connectivity index (χ4v) is 5.24. The lowest BCUT2D eigenvalue weighted by Crippen LogP contribution is -2.57. The minimum absolute atomic E-state index is 0.0179. The number of anilines is 1. The summed E-state index contributed by atoms with van der Waals surface area (Å²) in [5.74, 6) is -7.53. The molecule has 2 aromatic carbocycles. The molecule has 0 aromatic heterocycles. The van der Waals surface area contributed by atoms with Gasteiger partial charge in [0, 0.05) is 35.3 Å². The van der Waals surface area contributed by atoms with Gasteiger partial charge in [0.25, 0.3) is 5.91 Å². The van der Waals surface area contributed by atoms with Crippen molar-refractivity contribution in [3.8, 4) is 0 Å². The monoisotopic (exact) mass is 515 g/mol. The third-order valence-corrected chi connectivity index (χ3v) is 7.01. The molecular formula is C24H23F6N3O3. The van der Waals surface area contributed by atoms with E-state index in [-0.39, 0.29) is 18.2 Å². The van der Waals surface area contributed by atoms with E-state index in [0.717, 1.165) is 11.0 Å². The Balaban J connectivity index is 1.98. The fraction of sp³-hybridized carbons (Fsp3) is 0.417. The van der Waals surface area contributed by atoms with Crippen LogP contribution in [0.3, 0.4) is 0 Å². The van der Waals surface area contributed by atoms with Crippen molar-refractivity contribution in [3.63, 3.8) is 0 Å². The Labute approximate surface area is 202 Å². The van der Waals surface area contributed by atoms with Gasteiger partial charge >= 0.3 is 6.18 Å². The first-order valence-corrected chi connectivity index (χ1v) is 11.3. The maximum absolute atomic E-state index is 14.8. The summed E-state index contributed by atoms with van der Waals surface area (Å²) in [5, 5.41) is 11.5. The Morgan fingerprint density at radius 2 is 1.64 bits per heavy atom. The number of aliphatic hydroxyl groups is 1. The second-order valence-electron chi connectivity index (χ2n) is 8.91. The van der Waals surface area contributed by atoms with Crippen LogP contribution in [-0.2, 0) is 16.6 Å². The first-order chi connectivity index (χ1) is 16.7. The van der Waals surface area contributed by atoms with E-state index in [4.69, 9.17) is 5.73 Å². The molecule has 1 heterocycles. The Bertz CT molecular complexity index is 1220. The Morgan fingerprint density at radius 1 is 1.08 bits per heavy atom. The Kier molecular flexibility index (Phi) is 6.32. The number of fused-ring (bicyclic) bond motifs is 1. The molecule has 1 unspecified atom stereocenters. The summed E-state index contributed by atoms with van der Waals surface area (Å²) in [6, 6.07) is 0.796. The summed E-state index contributed by atoms with van der Waals surface area (Å²) < 4.78 is 85.8. The van der Waals surface area contributed by atoms with E-state index in [1.54, 1.807) is 0 Å². The summed E-state index contributed by atoms with van der Waals surface area (Å²) in [6.45, 7) is 5.19. The summed E-state index contributed by atoms with van der Waals surface area (Å²) in [5.41, 5.74) is -3.62. The molecule has 0 spiro atoms. The molecule has 0 saturated heterocycles. The second-order valence-corrected chi connectivity index (χ2v) is 8.91. The van der Waals surface area contributed by atoms with Crippen LogP contribution < -0.4 is 10.6 Å².